The van der Waals surface area contributed by atoms with E-state index in [1.54, 1.807) is 62.3 Å². The largest absolute Gasteiger partial charge is 0.438 e. The van der Waals surface area contributed by atoms with Crippen molar-refractivity contribution in [1.82, 2.24) is 0 Å². The Balaban J connectivity index is 5.79. The van der Waals surface area contributed by atoms with Gasteiger partial charge in [-0.25, -0.2) is 0 Å². The molecule has 0 saturated heterocycles. The van der Waals surface area contributed by atoms with Gasteiger partial charge in [0.2, 0.25) is 21.0 Å². The van der Waals surface area contributed by atoms with Crippen LogP contribution in [0.2, 0.25) is 0 Å². The molecule has 0 spiro atoms. The lowest BCUT2D eigenvalue weighted by molar-refractivity contribution is -0.162. The molecule has 0 aromatic heterocycles. The maximum Gasteiger partial charge on any atom is 0.346 e. The van der Waals surface area contributed by atoms with Gasteiger partial charge < -0.3 is 14.2 Å². The average molecular weight is 585 g/mol. The minimum atomic E-state index is -4.32. The number of rotatable bonds is 14. The highest BCUT2D eigenvalue weighted by Crippen LogP contribution is 2.63. The first kappa shape index (κ1) is 36.5. The third-order valence-corrected chi connectivity index (χ3v) is 10.2. The summed E-state index contributed by atoms with van der Waals surface area (Å²) in [5.41, 5.74) is -1.55. The molecule has 0 aromatic carbocycles. The quantitative estimate of drug-likeness (QED) is 0.0730. The smallest absolute Gasteiger partial charge is 0.346 e. The molecule has 1 unspecified atom stereocenters. The van der Waals surface area contributed by atoms with Gasteiger partial charge in [0.15, 0.2) is 6.79 Å². The van der Waals surface area contributed by atoms with E-state index in [0.29, 0.717) is 6.42 Å². The van der Waals surface area contributed by atoms with Crippen LogP contribution in [0, 0.1) is 16.2 Å². The van der Waals surface area contributed by atoms with Crippen molar-refractivity contribution in [3.8, 4) is 0 Å². The number of esters is 3. The molecule has 0 radical (unpaired) electrons. The molecule has 222 valence electrons. The molecule has 0 amide bonds. The van der Waals surface area contributed by atoms with E-state index in [4.69, 9.17) is 27.8 Å². The molecule has 0 aliphatic carbocycles. The Kier molecular flexibility index (Phi) is 14.2. The van der Waals surface area contributed by atoms with E-state index in [1.165, 1.54) is 0 Å². The highest BCUT2D eigenvalue weighted by Gasteiger charge is 2.39. The maximum atomic E-state index is 13.8. The highest BCUT2D eigenvalue weighted by molar-refractivity contribution is 7.73. The fourth-order valence-electron chi connectivity index (χ4n) is 2.25. The molecular weight excluding hydrogens is 538 g/mol. The molecule has 0 bridgehead atoms. The summed E-state index contributed by atoms with van der Waals surface area (Å²) in [7, 11) is -8.14. The Morgan fingerprint density at radius 3 is 1.29 bits per heavy atom. The van der Waals surface area contributed by atoms with E-state index in [-0.39, 0.29) is 6.16 Å². The van der Waals surface area contributed by atoms with Crippen LogP contribution in [0.3, 0.4) is 0 Å². The molecule has 1 atom stereocenters. The molecule has 0 rings (SSSR count). The van der Waals surface area contributed by atoms with Gasteiger partial charge in [0.1, 0.15) is 5.90 Å². The number of allylic oxidation sites excluding steroid dienone is 2. The summed E-state index contributed by atoms with van der Waals surface area (Å²) >= 11 is 0. The third kappa shape index (κ3) is 15.2. The van der Waals surface area contributed by atoms with Crippen LogP contribution in [0.15, 0.2) is 11.6 Å². The average Bonchev–Trinajstić information content (AvgIpc) is 2.71. The Hall–Kier alpha value is -1.51. The maximum absolute atomic E-state index is 13.8. The SMILES string of the molecule is CC(C)=CCCP(=O)(CP(=O)(OCOC(=O)C(C)(C)C)OCOC(=O)C(C)(C)C)OCOC(=O)C(C)(C)C. The first-order chi connectivity index (χ1) is 17.0. The van der Waals surface area contributed by atoms with E-state index in [9.17, 15) is 23.5 Å². The van der Waals surface area contributed by atoms with Crippen LogP contribution in [0.5, 0.6) is 0 Å². The van der Waals surface area contributed by atoms with Gasteiger partial charge in [0, 0.05) is 6.16 Å². The summed E-state index contributed by atoms with van der Waals surface area (Å²) in [6.45, 7) is 16.3. The fourth-order valence-corrected chi connectivity index (χ4v) is 7.31. The van der Waals surface area contributed by atoms with Crippen LogP contribution in [0.1, 0.15) is 82.6 Å². The lowest BCUT2D eigenvalue weighted by atomic mass is 9.98. The topological polar surface area (TPSA) is 141 Å². The number of hydrogen-bond donors (Lipinski definition) is 0. The number of hydrogen-bond acceptors (Lipinski definition) is 11. The molecule has 0 fully saturated rings. The first-order valence-corrected chi connectivity index (χ1v) is 16.0. The van der Waals surface area contributed by atoms with Gasteiger partial charge in [-0.05, 0) is 82.6 Å². The van der Waals surface area contributed by atoms with E-state index < -0.39 is 75.4 Å². The van der Waals surface area contributed by atoms with E-state index in [1.807, 2.05) is 19.9 Å². The second kappa shape index (κ2) is 14.8. The van der Waals surface area contributed by atoms with Crippen molar-refractivity contribution < 1.29 is 51.3 Å². The Bertz CT molecular complexity index is 894. The molecule has 0 saturated carbocycles. The third-order valence-electron chi connectivity index (χ3n) is 4.61. The lowest BCUT2D eigenvalue weighted by Gasteiger charge is -2.25. The van der Waals surface area contributed by atoms with E-state index in [0.717, 1.165) is 5.57 Å². The van der Waals surface area contributed by atoms with Crippen LogP contribution in [0.4, 0.5) is 0 Å². The van der Waals surface area contributed by atoms with Crippen LogP contribution >= 0.6 is 15.0 Å². The van der Waals surface area contributed by atoms with Crippen LogP contribution in [-0.2, 0) is 51.3 Å². The Morgan fingerprint density at radius 2 is 0.974 bits per heavy atom. The molecule has 11 nitrogen and oxygen atoms in total. The first-order valence-electron chi connectivity index (χ1n) is 12.3. The minimum absolute atomic E-state index is 0.0640. The predicted octanol–water partition coefficient (Wildman–Crippen LogP) is 6.46. The van der Waals surface area contributed by atoms with Gasteiger partial charge in [-0.2, -0.15) is 0 Å². The zero-order valence-corrected chi connectivity index (χ0v) is 26.5. The van der Waals surface area contributed by atoms with Gasteiger partial charge in [-0.15, -0.1) is 0 Å². The van der Waals surface area contributed by atoms with Gasteiger partial charge in [0.05, 0.1) is 16.2 Å². The summed E-state index contributed by atoms with van der Waals surface area (Å²) in [5, 5.41) is 0. The van der Waals surface area contributed by atoms with Crippen molar-refractivity contribution in [2.75, 3.05) is 32.4 Å². The summed E-state index contributed by atoms with van der Waals surface area (Å²) in [4.78, 5) is 36.3. The van der Waals surface area contributed by atoms with Crippen molar-refractivity contribution in [3.63, 3.8) is 0 Å². The van der Waals surface area contributed by atoms with Crippen molar-refractivity contribution in [2.45, 2.75) is 82.6 Å². The highest BCUT2D eigenvalue weighted by atomic mass is 31.2. The van der Waals surface area contributed by atoms with E-state index in [2.05, 4.69) is 0 Å². The molecule has 13 heteroatoms. The molecule has 0 aromatic rings. The molecular formula is C25H46O11P2. The van der Waals surface area contributed by atoms with Crippen LogP contribution < -0.4 is 0 Å². The number of carbonyl (C=O) groups is 3. The van der Waals surface area contributed by atoms with Crippen LogP contribution in [0.25, 0.3) is 0 Å². The standard InChI is InChI=1S/C25H46O11P2/c1-19(2)13-12-14-37(29,34-15-31-20(26)23(3,4)5)18-38(30,35-16-32-21(27)24(6,7)8)36-17-33-22(28)25(9,10)11/h13H,12,14-18H2,1-11H3. The van der Waals surface area contributed by atoms with Crippen molar-refractivity contribution in [2.24, 2.45) is 16.2 Å². The summed E-state index contributed by atoms with van der Waals surface area (Å²) < 4.78 is 58.6. The molecule has 0 heterocycles. The minimum Gasteiger partial charge on any atom is -0.438 e. The number of carbonyl (C=O) groups excluding carboxylic acids is 3. The van der Waals surface area contributed by atoms with Gasteiger partial charge >= 0.3 is 25.5 Å². The Labute approximate surface area is 227 Å². The predicted molar refractivity (Wildman–Crippen MR) is 143 cm³/mol. The molecule has 0 aliphatic rings. The van der Waals surface area contributed by atoms with Gasteiger partial charge in [-0.1, -0.05) is 11.6 Å². The van der Waals surface area contributed by atoms with Crippen molar-refractivity contribution in [3.05, 3.63) is 11.6 Å². The Morgan fingerprint density at radius 1 is 0.632 bits per heavy atom. The number of ether oxygens (including phenoxy) is 3. The normalized spacial score (nSPS) is 14.3. The lowest BCUT2D eigenvalue weighted by Crippen LogP contribution is -2.25. The van der Waals surface area contributed by atoms with Crippen LogP contribution in [-0.4, -0.2) is 50.4 Å². The fraction of sp³-hybridized carbons (Fsp3) is 0.800. The zero-order chi connectivity index (χ0) is 30.0. The summed E-state index contributed by atoms with van der Waals surface area (Å²) in [6.07, 6.45) is 2.07. The summed E-state index contributed by atoms with van der Waals surface area (Å²) in [6, 6.07) is 0. The second-order valence-electron chi connectivity index (χ2n) is 12.1. The molecule has 0 aliphatic heterocycles. The second-order valence-corrected chi connectivity index (χ2v) is 17.4. The monoisotopic (exact) mass is 584 g/mol. The van der Waals surface area contributed by atoms with E-state index >= 15 is 0 Å². The zero-order valence-electron chi connectivity index (χ0n) is 24.7. The summed E-state index contributed by atoms with van der Waals surface area (Å²) in [5.74, 6) is -2.56. The molecule has 38 heavy (non-hydrogen) atoms. The van der Waals surface area contributed by atoms with Crippen molar-refractivity contribution >= 4 is 32.9 Å². The van der Waals surface area contributed by atoms with Gasteiger partial charge in [0.25, 0.3) is 0 Å². The van der Waals surface area contributed by atoms with Gasteiger partial charge in [-0.3, -0.25) is 37.1 Å². The molecule has 0 N–H and O–H groups in total. The van der Waals surface area contributed by atoms with Crippen molar-refractivity contribution in [1.29, 1.82) is 0 Å².